The Hall–Kier alpha value is -3.39. The highest BCUT2D eigenvalue weighted by atomic mass is 31.2. The second kappa shape index (κ2) is 14.2. The number of phosphoric acid groups is 1. The summed E-state index contributed by atoms with van der Waals surface area (Å²) in [5.41, 5.74) is 10.8. The highest BCUT2D eigenvalue weighted by molar-refractivity contribution is 7.46. The number of fused-ring (bicyclic) bond motifs is 1. The van der Waals surface area contributed by atoms with Crippen molar-refractivity contribution in [1.82, 2.24) is 25.0 Å². The largest absolute Gasteiger partial charge is 0.527 e. The van der Waals surface area contributed by atoms with Crippen molar-refractivity contribution in [2.24, 2.45) is 11.8 Å². The van der Waals surface area contributed by atoms with Crippen molar-refractivity contribution in [3.63, 3.8) is 0 Å². The molecule has 0 spiro atoms. The third-order valence-corrected chi connectivity index (χ3v) is 7.02. The van der Waals surface area contributed by atoms with Gasteiger partial charge in [-0.3, -0.25) is 14.6 Å². The fourth-order valence-corrected chi connectivity index (χ4v) is 4.80. The van der Waals surface area contributed by atoms with Crippen LogP contribution in [0.5, 0.6) is 0 Å². The van der Waals surface area contributed by atoms with Gasteiger partial charge in [0.1, 0.15) is 6.04 Å². The number of phosphoric ester groups is 1. The molecule has 5 rings (SSSR count). The van der Waals surface area contributed by atoms with E-state index >= 15 is 0 Å². The van der Waals surface area contributed by atoms with Gasteiger partial charge in [0, 0.05) is 18.6 Å². The number of allylic oxidation sites excluding steroid dienone is 1. The number of aliphatic hydroxyl groups excluding tert-OH is 1. The quantitative estimate of drug-likeness (QED) is 0.100. The van der Waals surface area contributed by atoms with Crippen LogP contribution in [0.3, 0.4) is 0 Å². The molecule has 0 bridgehead atoms. The predicted molar refractivity (Wildman–Crippen MR) is 155 cm³/mol. The van der Waals surface area contributed by atoms with Gasteiger partial charge in [0.25, 0.3) is 0 Å². The number of nitrogens with two attached hydrogens (primary N) is 1. The van der Waals surface area contributed by atoms with Crippen molar-refractivity contribution < 1.29 is 33.6 Å². The molecule has 0 saturated heterocycles. The standard InChI is InChI=1S/C14H18N6O.C13H20NO6P/c15-14-18-12(17-9-2-3-9)11-13(19-14)20(7-16-11)10-4-1-8(5-10)6-21;1-10(2)8-12(13(15)20-21(16,17)18)14-19-9-11-6-4-3-5-7-11/h1,4,7-10,21H,2-3,5-6H2,(H3,15,17,18,19);3-7,10,12,14H,8-9H2,1-2H3,(H2,16,17,18)/t8-,10+;12-/m10/s1. The highest BCUT2D eigenvalue weighted by Crippen LogP contribution is 2.36. The number of imidazole rings is 1. The first kappa shape index (κ1) is 31.5. The average molecular weight is 604 g/mol. The van der Waals surface area contributed by atoms with Gasteiger partial charge in [0.05, 0.1) is 19.0 Å². The van der Waals surface area contributed by atoms with Crippen LogP contribution in [0.2, 0.25) is 0 Å². The molecule has 0 radical (unpaired) electrons. The van der Waals surface area contributed by atoms with Gasteiger partial charge in [0.2, 0.25) is 5.95 Å². The van der Waals surface area contributed by atoms with Gasteiger partial charge in [-0.15, -0.1) is 0 Å². The van der Waals surface area contributed by atoms with Gasteiger partial charge in [-0.1, -0.05) is 56.3 Å². The fourth-order valence-electron chi connectivity index (χ4n) is 4.44. The molecule has 7 N–H and O–H groups in total. The number of benzene rings is 1. The molecule has 15 heteroatoms. The second-order valence-corrected chi connectivity index (χ2v) is 11.9. The summed E-state index contributed by atoms with van der Waals surface area (Å²) in [6.07, 6.45) is 9.43. The number of hydrogen-bond donors (Lipinski definition) is 6. The van der Waals surface area contributed by atoms with Gasteiger partial charge in [0.15, 0.2) is 17.0 Å². The Morgan fingerprint density at radius 2 is 1.93 bits per heavy atom. The van der Waals surface area contributed by atoms with Gasteiger partial charge in [-0.2, -0.15) is 15.4 Å². The first-order chi connectivity index (χ1) is 20.0. The zero-order valence-electron chi connectivity index (χ0n) is 23.5. The van der Waals surface area contributed by atoms with E-state index < -0.39 is 19.8 Å². The molecule has 3 atom stereocenters. The van der Waals surface area contributed by atoms with Crippen molar-refractivity contribution in [2.75, 3.05) is 17.7 Å². The minimum absolute atomic E-state index is 0.118. The van der Waals surface area contributed by atoms with Crippen LogP contribution in [0.1, 0.15) is 51.1 Å². The van der Waals surface area contributed by atoms with Gasteiger partial charge >= 0.3 is 13.8 Å². The number of anilines is 2. The number of nitrogen functional groups attached to an aromatic ring is 1. The molecule has 0 aliphatic heterocycles. The minimum Gasteiger partial charge on any atom is -0.396 e. The maximum absolute atomic E-state index is 11.7. The molecule has 1 fully saturated rings. The average Bonchev–Trinajstić information content (AvgIpc) is 3.44. The van der Waals surface area contributed by atoms with Gasteiger partial charge < -0.3 is 25.2 Å². The molecule has 0 amide bonds. The molecule has 228 valence electrons. The summed E-state index contributed by atoms with van der Waals surface area (Å²) in [7, 11) is -4.85. The van der Waals surface area contributed by atoms with Crippen molar-refractivity contribution >= 4 is 36.7 Å². The Labute approximate surface area is 243 Å². The van der Waals surface area contributed by atoms with Crippen LogP contribution in [-0.4, -0.2) is 59.1 Å². The summed E-state index contributed by atoms with van der Waals surface area (Å²) in [5.74, 6) is 0.264. The molecule has 42 heavy (non-hydrogen) atoms. The van der Waals surface area contributed by atoms with Crippen molar-refractivity contribution in [2.45, 2.75) is 64.3 Å². The first-order valence-corrected chi connectivity index (χ1v) is 15.3. The van der Waals surface area contributed by atoms with Crippen molar-refractivity contribution in [3.05, 3.63) is 54.4 Å². The number of nitrogens with zero attached hydrogens (tertiary/aromatic N) is 4. The summed E-state index contributed by atoms with van der Waals surface area (Å²) in [6, 6.07) is 8.99. The summed E-state index contributed by atoms with van der Waals surface area (Å²) >= 11 is 0. The van der Waals surface area contributed by atoms with Crippen molar-refractivity contribution in [3.8, 4) is 0 Å². The van der Waals surface area contributed by atoms with Gasteiger partial charge in [-0.05, 0) is 37.2 Å². The number of hydrogen-bond acceptors (Lipinski definition) is 11. The van der Waals surface area contributed by atoms with Crippen LogP contribution >= 0.6 is 7.82 Å². The van der Waals surface area contributed by atoms with Crippen LogP contribution < -0.4 is 16.5 Å². The summed E-state index contributed by atoms with van der Waals surface area (Å²) in [5, 5.41) is 12.6. The molecule has 1 saturated carbocycles. The molecule has 1 aromatic carbocycles. The number of hydroxylamine groups is 1. The van der Waals surface area contributed by atoms with Crippen LogP contribution in [0.15, 0.2) is 48.8 Å². The van der Waals surface area contributed by atoms with E-state index in [0.717, 1.165) is 41.8 Å². The third kappa shape index (κ3) is 9.31. The lowest BCUT2D eigenvalue weighted by molar-refractivity contribution is -0.143. The Kier molecular flexibility index (Phi) is 10.7. The predicted octanol–water partition coefficient (Wildman–Crippen LogP) is 2.85. The van der Waals surface area contributed by atoms with Crippen LogP contribution in [0, 0.1) is 11.8 Å². The number of carbonyl (C=O) groups is 1. The Morgan fingerprint density at radius 3 is 2.55 bits per heavy atom. The van der Waals surface area contributed by atoms with Crippen molar-refractivity contribution in [1.29, 1.82) is 0 Å². The topological polar surface area (TPSA) is 207 Å². The van der Waals surface area contributed by atoms with E-state index in [1.807, 2.05) is 54.8 Å². The monoisotopic (exact) mass is 603 g/mol. The zero-order chi connectivity index (χ0) is 30.3. The molecule has 2 aromatic heterocycles. The molecule has 0 unspecified atom stereocenters. The Bertz CT molecular complexity index is 1410. The maximum atomic E-state index is 11.7. The molecule has 14 nitrogen and oxygen atoms in total. The van der Waals surface area contributed by atoms with Gasteiger partial charge in [-0.25, -0.2) is 14.3 Å². The van der Waals surface area contributed by atoms with E-state index in [4.69, 9.17) is 20.4 Å². The lowest BCUT2D eigenvalue weighted by Gasteiger charge is -2.19. The number of nitrogens with one attached hydrogen (secondary N) is 2. The highest BCUT2D eigenvalue weighted by Gasteiger charge is 2.29. The van der Waals surface area contributed by atoms with E-state index in [9.17, 15) is 14.5 Å². The van der Waals surface area contributed by atoms with Crippen LogP contribution in [0.25, 0.3) is 11.2 Å². The SMILES string of the molecule is CC(C)C[C@H](NOCc1ccccc1)C(=O)OP(=O)(O)O.Nc1nc(NC2CC2)c2ncn([C@H]3C=C[C@@H](CO)C3)c2n1. The number of carbonyl (C=O) groups excluding carboxylic acids is 1. The molecule has 3 aromatic rings. The number of aliphatic hydroxyl groups is 1. The van der Waals surface area contributed by atoms with E-state index in [0.29, 0.717) is 12.5 Å². The first-order valence-electron chi connectivity index (χ1n) is 13.8. The molecular formula is C27H38N7O7P. The lowest BCUT2D eigenvalue weighted by atomic mass is 10.1. The van der Waals surface area contributed by atoms with Crippen LogP contribution in [-0.2, 0) is 25.3 Å². The van der Waals surface area contributed by atoms with E-state index in [-0.39, 0.29) is 37.0 Å². The zero-order valence-corrected chi connectivity index (χ0v) is 24.4. The summed E-state index contributed by atoms with van der Waals surface area (Å²) < 4.78 is 16.8. The smallest absolute Gasteiger partial charge is 0.396 e. The Balaban J connectivity index is 0.000000193. The molecule has 2 aliphatic carbocycles. The summed E-state index contributed by atoms with van der Waals surface area (Å²) in [4.78, 5) is 47.3. The maximum Gasteiger partial charge on any atom is 0.527 e. The Morgan fingerprint density at radius 1 is 1.19 bits per heavy atom. The van der Waals surface area contributed by atoms with E-state index in [1.54, 1.807) is 6.33 Å². The molecule has 2 heterocycles. The normalized spacial score (nSPS) is 19.0. The fraction of sp³-hybridized carbons (Fsp3) is 0.481. The van der Waals surface area contributed by atoms with E-state index in [2.05, 4.69) is 36.3 Å². The lowest BCUT2D eigenvalue weighted by Crippen LogP contribution is -2.38. The number of aromatic nitrogens is 4. The minimum atomic E-state index is -4.85. The summed E-state index contributed by atoms with van der Waals surface area (Å²) in [6.45, 7) is 4.14. The molecular weight excluding hydrogens is 565 g/mol. The number of rotatable bonds is 12. The molecule has 2 aliphatic rings. The van der Waals surface area contributed by atoms with E-state index in [1.165, 1.54) is 0 Å². The van der Waals surface area contributed by atoms with Crippen LogP contribution in [0.4, 0.5) is 11.8 Å². The second-order valence-electron chi connectivity index (χ2n) is 10.8. The third-order valence-electron chi connectivity index (χ3n) is 6.61.